The van der Waals surface area contributed by atoms with Crippen molar-refractivity contribution in [3.05, 3.63) is 71.2 Å². The first-order valence-corrected chi connectivity index (χ1v) is 8.09. The van der Waals surface area contributed by atoms with Crippen molar-refractivity contribution in [3.8, 4) is 12.0 Å². The third kappa shape index (κ3) is 3.20. The third-order valence-corrected chi connectivity index (χ3v) is 4.05. The summed E-state index contributed by atoms with van der Waals surface area (Å²) in [7, 11) is 0. The van der Waals surface area contributed by atoms with E-state index in [4.69, 9.17) is 4.42 Å². The minimum Gasteiger partial charge on any atom is -0.443 e. The van der Waals surface area contributed by atoms with Gasteiger partial charge in [0.05, 0.1) is 0 Å². The molecule has 3 aromatic rings. The van der Waals surface area contributed by atoms with Crippen LogP contribution in [0.15, 0.2) is 53.2 Å². The third-order valence-electron chi connectivity index (χ3n) is 4.05. The number of nitrogens with one attached hydrogen (secondary N) is 1. The number of carbonyl (C=O) groups is 1. The summed E-state index contributed by atoms with van der Waals surface area (Å²) in [4.78, 5) is 12.7. The quantitative estimate of drug-likeness (QED) is 0.757. The number of benzene rings is 1. The number of nitriles is 1. The molecule has 0 atom stereocenters. The molecule has 1 amide bonds. The lowest BCUT2D eigenvalue weighted by Crippen LogP contribution is -2.14. The van der Waals surface area contributed by atoms with Gasteiger partial charge >= 0.3 is 0 Å². The number of aromatic nitrogens is 1. The maximum Gasteiger partial charge on any atom is 0.260 e. The smallest absolute Gasteiger partial charge is 0.260 e. The van der Waals surface area contributed by atoms with Gasteiger partial charge in [-0.05, 0) is 42.7 Å². The summed E-state index contributed by atoms with van der Waals surface area (Å²) in [6.07, 6.45) is 3.54. The molecule has 0 aliphatic carbocycles. The number of anilines is 1. The second kappa shape index (κ2) is 6.70. The van der Waals surface area contributed by atoms with Crippen LogP contribution in [0.5, 0.6) is 0 Å². The van der Waals surface area contributed by atoms with E-state index in [-0.39, 0.29) is 17.0 Å². The van der Waals surface area contributed by atoms with Crippen molar-refractivity contribution in [1.29, 1.82) is 5.26 Å². The van der Waals surface area contributed by atoms with Gasteiger partial charge in [0.2, 0.25) is 5.88 Å². The Kier molecular flexibility index (Phi) is 4.44. The van der Waals surface area contributed by atoms with Crippen LogP contribution in [0.4, 0.5) is 5.69 Å². The molecule has 1 aromatic carbocycles. The molecule has 3 rings (SSSR count). The zero-order valence-corrected chi connectivity index (χ0v) is 14.4. The van der Waals surface area contributed by atoms with E-state index in [0.29, 0.717) is 23.2 Å². The van der Waals surface area contributed by atoms with Crippen molar-refractivity contribution in [2.24, 2.45) is 0 Å². The van der Waals surface area contributed by atoms with Gasteiger partial charge in [0.25, 0.3) is 5.91 Å². The van der Waals surface area contributed by atoms with Crippen LogP contribution in [0.25, 0.3) is 5.88 Å². The lowest BCUT2D eigenvalue weighted by Gasteiger charge is -2.09. The maximum atomic E-state index is 12.7. The number of hydrogen-bond acceptors (Lipinski definition) is 3. The molecule has 0 aliphatic rings. The monoisotopic (exact) mass is 333 g/mol. The van der Waals surface area contributed by atoms with Gasteiger partial charge < -0.3 is 9.73 Å². The molecule has 0 bridgehead atoms. The number of furan rings is 1. The van der Waals surface area contributed by atoms with Crippen molar-refractivity contribution in [2.75, 3.05) is 5.32 Å². The molecule has 0 saturated carbocycles. The van der Waals surface area contributed by atoms with Crippen molar-refractivity contribution < 1.29 is 9.21 Å². The molecule has 0 radical (unpaired) electrons. The average molecular weight is 333 g/mol. The van der Waals surface area contributed by atoms with Crippen molar-refractivity contribution in [2.45, 2.75) is 26.7 Å². The van der Waals surface area contributed by atoms with Crippen LogP contribution < -0.4 is 5.32 Å². The number of amides is 1. The fourth-order valence-electron chi connectivity index (χ4n) is 2.73. The maximum absolute atomic E-state index is 12.7. The Bertz CT molecular complexity index is 944. The fraction of sp³-hybridized carbons (Fsp3) is 0.200. The number of carbonyl (C=O) groups excluding carboxylic acids is 1. The molecular weight excluding hydrogens is 314 g/mol. The molecule has 25 heavy (non-hydrogen) atoms. The van der Waals surface area contributed by atoms with Gasteiger partial charge in [-0.2, -0.15) is 5.26 Å². The molecule has 5 heteroatoms. The van der Waals surface area contributed by atoms with Crippen LogP contribution in [0, 0.1) is 18.3 Å². The van der Waals surface area contributed by atoms with Crippen LogP contribution in [0.3, 0.4) is 0 Å². The van der Waals surface area contributed by atoms with E-state index in [2.05, 4.69) is 25.2 Å². The van der Waals surface area contributed by atoms with E-state index in [1.54, 1.807) is 23.9 Å². The topological polar surface area (TPSA) is 71.0 Å². The van der Waals surface area contributed by atoms with Gasteiger partial charge in [0.1, 0.15) is 23.0 Å². The number of rotatable bonds is 4. The Morgan fingerprint density at radius 1 is 1.24 bits per heavy atom. The standard InChI is InChI=1S/C20H19N3O2/c1-13(2)15-7-6-8-16(11-15)22-19(24)18-14(3)25-20(17(18)12-21)23-9-4-5-10-23/h4-11,13H,1-3H3,(H,22,24). The summed E-state index contributed by atoms with van der Waals surface area (Å²) >= 11 is 0. The normalized spacial score (nSPS) is 10.7. The molecule has 0 fully saturated rings. The molecule has 1 N–H and O–H groups in total. The first kappa shape index (κ1) is 16.6. The molecular formula is C20H19N3O2. The number of aryl methyl sites for hydroxylation is 1. The minimum absolute atomic E-state index is 0.228. The van der Waals surface area contributed by atoms with Crippen LogP contribution in [-0.4, -0.2) is 10.5 Å². The predicted molar refractivity (Wildman–Crippen MR) is 96.0 cm³/mol. The van der Waals surface area contributed by atoms with E-state index in [1.807, 2.05) is 36.4 Å². The Hall–Kier alpha value is -3.26. The molecule has 0 unspecified atom stereocenters. The lowest BCUT2D eigenvalue weighted by atomic mass is 10.0. The molecule has 2 heterocycles. The SMILES string of the molecule is Cc1oc(-n2cccc2)c(C#N)c1C(=O)Nc1cccc(C(C)C)c1. The van der Waals surface area contributed by atoms with E-state index >= 15 is 0 Å². The summed E-state index contributed by atoms with van der Waals surface area (Å²) in [6.45, 7) is 5.88. The summed E-state index contributed by atoms with van der Waals surface area (Å²) in [5.41, 5.74) is 2.32. The van der Waals surface area contributed by atoms with Gasteiger partial charge in [-0.25, -0.2) is 0 Å². The van der Waals surface area contributed by atoms with E-state index in [9.17, 15) is 10.1 Å². The summed E-state index contributed by atoms with van der Waals surface area (Å²) in [6, 6.07) is 13.5. The van der Waals surface area contributed by atoms with Crippen molar-refractivity contribution >= 4 is 11.6 Å². The zero-order valence-electron chi connectivity index (χ0n) is 14.4. The predicted octanol–water partition coefficient (Wildman–Crippen LogP) is 4.63. The van der Waals surface area contributed by atoms with Crippen molar-refractivity contribution in [3.63, 3.8) is 0 Å². The van der Waals surface area contributed by atoms with Crippen LogP contribution in [0.2, 0.25) is 0 Å². The minimum atomic E-state index is -0.350. The van der Waals surface area contributed by atoms with E-state index < -0.39 is 0 Å². The number of nitrogens with zero attached hydrogens (tertiary/aromatic N) is 2. The molecule has 0 spiro atoms. The van der Waals surface area contributed by atoms with Crippen molar-refractivity contribution in [1.82, 2.24) is 4.57 Å². The highest BCUT2D eigenvalue weighted by molar-refractivity contribution is 6.07. The first-order valence-electron chi connectivity index (χ1n) is 8.09. The highest BCUT2D eigenvalue weighted by Gasteiger charge is 2.24. The Morgan fingerprint density at radius 3 is 2.60 bits per heavy atom. The second-order valence-electron chi connectivity index (χ2n) is 6.15. The average Bonchev–Trinajstić information content (AvgIpc) is 3.21. The Morgan fingerprint density at radius 2 is 1.96 bits per heavy atom. The number of hydrogen-bond donors (Lipinski definition) is 1. The molecule has 5 nitrogen and oxygen atoms in total. The van der Waals surface area contributed by atoms with E-state index in [0.717, 1.165) is 5.56 Å². The Balaban J connectivity index is 1.96. The Labute approximate surface area is 146 Å². The van der Waals surface area contributed by atoms with Gasteiger partial charge in [0, 0.05) is 18.1 Å². The summed E-state index contributed by atoms with van der Waals surface area (Å²) < 4.78 is 7.36. The fourth-order valence-corrected chi connectivity index (χ4v) is 2.73. The van der Waals surface area contributed by atoms with Gasteiger partial charge in [-0.3, -0.25) is 9.36 Å². The van der Waals surface area contributed by atoms with Crippen LogP contribution >= 0.6 is 0 Å². The van der Waals surface area contributed by atoms with E-state index in [1.165, 1.54) is 0 Å². The zero-order chi connectivity index (χ0) is 18.0. The summed E-state index contributed by atoms with van der Waals surface area (Å²) in [5.74, 6) is 0.781. The van der Waals surface area contributed by atoms with Gasteiger partial charge in [-0.1, -0.05) is 26.0 Å². The van der Waals surface area contributed by atoms with Crippen LogP contribution in [-0.2, 0) is 0 Å². The van der Waals surface area contributed by atoms with Gasteiger partial charge in [-0.15, -0.1) is 0 Å². The lowest BCUT2D eigenvalue weighted by molar-refractivity contribution is 0.102. The molecule has 0 aliphatic heterocycles. The van der Waals surface area contributed by atoms with Crippen LogP contribution in [0.1, 0.15) is 47.0 Å². The highest BCUT2D eigenvalue weighted by Crippen LogP contribution is 2.27. The molecule has 0 saturated heterocycles. The molecule has 126 valence electrons. The second-order valence-corrected chi connectivity index (χ2v) is 6.15. The highest BCUT2D eigenvalue weighted by atomic mass is 16.4. The molecule has 2 aromatic heterocycles. The largest absolute Gasteiger partial charge is 0.443 e. The summed E-state index contributed by atoms with van der Waals surface area (Å²) in [5, 5.41) is 12.4. The first-order chi connectivity index (χ1) is 12.0. The van der Waals surface area contributed by atoms with Gasteiger partial charge in [0.15, 0.2) is 0 Å².